The molecule has 0 amide bonds. The fourth-order valence-electron chi connectivity index (χ4n) is 10.5. The number of benzene rings is 6. The summed E-state index contributed by atoms with van der Waals surface area (Å²) in [4.78, 5) is 58.1. The van der Waals surface area contributed by atoms with Gasteiger partial charge in [0.05, 0.1) is 11.4 Å². The first kappa shape index (κ1) is 126. The normalized spacial score (nSPS) is 13.1. The van der Waals surface area contributed by atoms with Crippen LogP contribution in [0.15, 0.2) is 269 Å². The van der Waals surface area contributed by atoms with Gasteiger partial charge < -0.3 is 133 Å². The number of nitrogens with one attached hydrogen (secondary N) is 9. The van der Waals surface area contributed by atoms with Gasteiger partial charge in [-0.15, -0.1) is 0 Å². The van der Waals surface area contributed by atoms with Gasteiger partial charge in [0.1, 0.15) is 0 Å². The standard InChI is InChI=1S/C12H21N5.C11H19N5.C10H14ClN5.C10H19N5.4C9H12ClN5.C8H10ClN5.2CH4/c1-9-5-4-6-10(9)7-8-15-11(13)16-12(14)17(2)3;1-8-4-3-5-9(8)6-7-16(2)11(14)15-10(12)13;1-14-10(15-9(12)13)16(2)8-5-3-7(11)4-6-8;1-7-3-2-4-8(7)5-6-14-10(13)15-9(11)12;1-13-8(11)15-9(12)14-7-4-2-6(10)3-5-7;1-15(9(13)14-8(11)12)7-4-2-6(10)3-5-7;1-15(8(11)12)9(13)14-7-4-2-6(10)3-5-7;1-13-9(15-8(11)12)14-7-4-2-6(10)3-5-7;9-5-1-3-6(4-2-5)13-8(12)14-7(10)11;;/h5-6H,4,7-8H2,1-3H3,(H4,13,14,15,16);4-5H,3,6-7H2,1-2H3,(H5,12,13,14,15);3-6H,1-2H3,(H4,12,13,14,15);4,7H,2-3,5-6H2,1H3,(H6,11,12,13,14,15);2-5H,1H3,(H5,11,12,13,14,15);2-5H,1H3,(H5,11,12,13,14);2-5H,1H3,(H3,11,12)(H2,13,14);2-5H,1H3,(H5,11,12,13,14,15);1-4H,(H6,10,11,12,13,14);2*1H4. The molecule has 3 aliphatic rings. The van der Waals surface area contributed by atoms with Crippen LogP contribution in [-0.2, 0) is 0 Å². The number of anilines is 4. The fraction of sp³-hybridized carbons (Fsp3) is 0.281. The molecule has 9 rings (SSSR count). The van der Waals surface area contributed by atoms with Crippen LogP contribution >= 0.6 is 69.6 Å². The summed E-state index contributed by atoms with van der Waals surface area (Å²) in [7, 11) is 15.2. The highest BCUT2D eigenvalue weighted by Crippen LogP contribution is 2.28. The van der Waals surface area contributed by atoms with Crippen LogP contribution in [-0.4, -0.2) is 205 Å². The Kier molecular flexibility index (Phi) is 62.6. The maximum absolute atomic E-state index is 7.56. The molecule has 0 fully saturated rings. The quantitative estimate of drug-likeness (QED) is 0.0258. The van der Waals surface area contributed by atoms with Crippen LogP contribution in [0.4, 0.5) is 34.1 Å². The summed E-state index contributed by atoms with van der Waals surface area (Å²) in [6.45, 7) is 8.55. The number of guanidine groups is 18. The molecule has 45 N–H and O–H groups in total. The molecule has 0 spiro atoms. The molecule has 762 valence electrons. The van der Waals surface area contributed by atoms with Gasteiger partial charge in [0, 0.05) is 136 Å². The van der Waals surface area contributed by atoms with E-state index in [1.54, 1.807) is 190 Å². The summed E-state index contributed by atoms with van der Waals surface area (Å²) in [6, 6.07) is 42.2. The van der Waals surface area contributed by atoms with Gasteiger partial charge in [-0.2, -0.15) is 30.0 Å². The van der Waals surface area contributed by atoms with Crippen molar-refractivity contribution >= 4 is 211 Å². The molecule has 140 heavy (non-hydrogen) atoms. The molecule has 51 heteroatoms. The maximum atomic E-state index is 7.56. The number of nitrogens with zero attached hydrogens (tertiary/aromatic N) is 18. The third-order valence-corrected chi connectivity index (χ3v) is 19.3. The zero-order valence-corrected chi connectivity index (χ0v) is 83.6. The molecular formula is C89H139Cl6N45. The van der Waals surface area contributed by atoms with Gasteiger partial charge in [-0.1, -0.05) is 138 Å². The van der Waals surface area contributed by atoms with Crippen LogP contribution in [0.1, 0.15) is 80.6 Å². The Morgan fingerprint density at radius 2 is 0.829 bits per heavy atom. The molecule has 0 radical (unpaired) electrons. The van der Waals surface area contributed by atoms with Gasteiger partial charge >= 0.3 is 0 Å². The second kappa shape index (κ2) is 69.3. The number of hydrogen-bond donors (Lipinski definition) is 27. The van der Waals surface area contributed by atoms with Crippen LogP contribution in [0.5, 0.6) is 0 Å². The molecule has 3 aliphatic carbocycles. The lowest BCUT2D eigenvalue weighted by molar-refractivity contribution is 0.503. The van der Waals surface area contributed by atoms with Gasteiger partial charge in [-0.25, -0.2) is 9.98 Å². The van der Waals surface area contributed by atoms with E-state index in [2.05, 4.69) is 137 Å². The summed E-state index contributed by atoms with van der Waals surface area (Å²) < 4.78 is 0. The Labute approximate surface area is 850 Å². The minimum Gasteiger partial charge on any atom is -0.370 e. The summed E-state index contributed by atoms with van der Waals surface area (Å²) in [6.07, 6.45) is 18.4. The number of hydrogen-bond acceptors (Lipinski definition) is 12. The predicted molar refractivity (Wildman–Crippen MR) is 597 cm³/mol. The van der Waals surface area contributed by atoms with Crippen molar-refractivity contribution in [3.05, 3.63) is 234 Å². The molecule has 0 saturated heterocycles. The third-order valence-electron chi connectivity index (χ3n) is 17.8. The Morgan fingerprint density at radius 1 is 0.414 bits per heavy atom. The SMILES string of the molecule is C.C.CC1=CCC=C1CCN(C)C(N)=NC(=N)N.CC1=CCC=C1CCN=C(N)NC(=N)N(C)C.CC1CCC=C1CCN=C(N)NC(=N)N.CN(C(=N)N)C(N)=Nc1ccc(Cl)cc1.CN(C(=N)N=C(N)N)c1ccc(Cl)cc1.CN=C(N)N=C(N)Nc1ccc(Cl)cc1.CN=C(N=C(N)N)N(C)c1ccc(Cl)cc1.CN=C(N=C(N)N)Nc1ccc(Cl)cc1.NC(N)=NC(N)=Nc1ccc(Cl)cc1. The van der Waals surface area contributed by atoms with E-state index >= 15 is 0 Å². The van der Waals surface area contributed by atoms with Crippen molar-refractivity contribution in [2.45, 2.75) is 80.6 Å². The van der Waals surface area contributed by atoms with Crippen LogP contribution in [0.25, 0.3) is 0 Å². The Morgan fingerprint density at radius 3 is 1.21 bits per heavy atom. The third kappa shape index (κ3) is 57.3. The monoisotopic (exact) mass is 2050 g/mol. The van der Waals surface area contributed by atoms with Crippen molar-refractivity contribution in [1.82, 2.24) is 25.3 Å². The van der Waals surface area contributed by atoms with E-state index in [-0.39, 0.29) is 104 Å². The minimum atomic E-state index is -0.263. The van der Waals surface area contributed by atoms with Crippen LogP contribution in [0, 0.1) is 33.0 Å². The van der Waals surface area contributed by atoms with E-state index in [9.17, 15) is 0 Å². The van der Waals surface area contributed by atoms with E-state index in [0.29, 0.717) is 78.4 Å². The van der Waals surface area contributed by atoms with E-state index < -0.39 is 0 Å². The molecule has 1 atom stereocenters. The van der Waals surface area contributed by atoms with E-state index in [1.165, 1.54) is 57.6 Å². The number of rotatable bonds is 15. The Hall–Kier alpha value is -15.6. The van der Waals surface area contributed by atoms with Crippen molar-refractivity contribution in [3.63, 3.8) is 0 Å². The van der Waals surface area contributed by atoms with E-state index in [1.807, 2.05) is 26.2 Å². The van der Waals surface area contributed by atoms with Crippen molar-refractivity contribution in [2.75, 3.05) is 103 Å². The minimum absolute atomic E-state index is 0. The Bertz CT molecular complexity index is 5460. The molecule has 1 unspecified atom stereocenters. The Balaban J connectivity index is 0. The first-order chi connectivity index (χ1) is 64.9. The zero-order valence-electron chi connectivity index (χ0n) is 79.1. The van der Waals surface area contributed by atoms with Crippen LogP contribution < -0.4 is 134 Å². The number of aliphatic imine (C=N–C) groups is 13. The average Bonchev–Trinajstić information content (AvgIpc) is 0.870. The van der Waals surface area contributed by atoms with E-state index in [0.717, 1.165) is 61.4 Å². The molecule has 0 saturated carbocycles. The molecule has 6 aromatic carbocycles. The molecule has 0 heterocycles. The van der Waals surface area contributed by atoms with Gasteiger partial charge in [-0.3, -0.25) is 67.5 Å². The summed E-state index contributed by atoms with van der Waals surface area (Å²) in [5.74, 6) is 1.99. The summed E-state index contributed by atoms with van der Waals surface area (Å²) >= 11 is 34.4. The molecule has 45 nitrogen and oxygen atoms in total. The van der Waals surface area contributed by atoms with Gasteiger partial charge in [0.2, 0.25) is 47.7 Å². The molecule has 0 bridgehead atoms. The highest BCUT2D eigenvalue weighted by molar-refractivity contribution is 6.32. The van der Waals surface area contributed by atoms with Crippen molar-refractivity contribution in [2.24, 2.45) is 174 Å². The molecule has 0 aliphatic heterocycles. The lowest BCUT2D eigenvalue weighted by Crippen LogP contribution is -2.43. The average molecular weight is 2050 g/mol. The molecular weight excluding hydrogens is 1910 g/mol. The zero-order chi connectivity index (χ0) is 104. The lowest BCUT2D eigenvalue weighted by atomic mass is 10.0. The van der Waals surface area contributed by atoms with Crippen molar-refractivity contribution < 1.29 is 0 Å². The van der Waals surface area contributed by atoms with E-state index in [4.69, 9.17) is 200 Å². The highest BCUT2D eigenvalue weighted by Gasteiger charge is 2.15. The van der Waals surface area contributed by atoms with Crippen LogP contribution in [0.2, 0.25) is 30.1 Å². The highest BCUT2D eigenvalue weighted by atomic mass is 35.5. The van der Waals surface area contributed by atoms with Gasteiger partial charge in [0.15, 0.2) is 59.6 Å². The lowest BCUT2D eigenvalue weighted by Gasteiger charge is -2.18. The largest absolute Gasteiger partial charge is 0.370 e. The number of halogens is 6. The topological polar surface area (TPSA) is 813 Å². The van der Waals surface area contributed by atoms with Gasteiger partial charge in [0.25, 0.3) is 0 Å². The molecule has 6 aromatic rings. The summed E-state index contributed by atoms with van der Waals surface area (Å²) in [5.41, 5.74) is 107. The predicted octanol–water partition coefficient (Wildman–Crippen LogP) is 9.36. The van der Waals surface area contributed by atoms with Crippen LogP contribution in [0.3, 0.4) is 0 Å². The first-order valence-corrected chi connectivity index (χ1v) is 43.6. The number of allylic oxidation sites excluding steroid dienone is 7. The second-order valence-corrected chi connectivity index (χ2v) is 31.3. The smallest absolute Gasteiger partial charge is 0.227 e. The second-order valence-electron chi connectivity index (χ2n) is 28.7. The number of nitrogens with two attached hydrogens (primary N) is 18. The van der Waals surface area contributed by atoms with Crippen molar-refractivity contribution in [1.29, 1.82) is 27.0 Å². The van der Waals surface area contributed by atoms with Crippen molar-refractivity contribution in [3.8, 4) is 0 Å². The first-order valence-electron chi connectivity index (χ1n) is 41.3. The summed E-state index contributed by atoms with van der Waals surface area (Å²) in [5, 5.41) is 51.1. The fourth-order valence-corrected chi connectivity index (χ4v) is 11.2. The maximum Gasteiger partial charge on any atom is 0.227 e. The van der Waals surface area contributed by atoms with Gasteiger partial charge in [-0.05, 0) is 221 Å². The molecule has 0 aromatic heterocycles.